The number of hydrogen-bond donors (Lipinski definition) is 1. The number of benzene rings is 2. The van der Waals surface area contributed by atoms with Gasteiger partial charge in [0, 0.05) is 11.6 Å². The highest BCUT2D eigenvalue weighted by Crippen LogP contribution is 2.25. The van der Waals surface area contributed by atoms with Crippen molar-refractivity contribution in [1.29, 1.82) is 0 Å². The molecule has 110 valence electrons. The minimum Gasteiger partial charge on any atom is -0.384 e. The van der Waals surface area contributed by atoms with Gasteiger partial charge in [-0.2, -0.15) is 0 Å². The van der Waals surface area contributed by atoms with Crippen LogP contribution in [0.2, 0.25) is 5.02 Å². The second-order valence-corrected chi connectivity index (χ2v) is 6.12. The zero-order valence-electron chi connectivity index (χ0n) is 12.0. The van der Waals surface area contributed by atoms with Gasteiger partial charge in [-0.15, -0.1) is 0 Å². The van der Waals surface area contributed by atoms with Crippen LogP contribution >= 0.6 is 11.6 Å². The fourth-order valence-electron chi connectivity index (χ4n) is 2.87. The van der Waals surface area contributed by atoms with E-state index in [4.69, 9.17) is 11.6 Å². The minimum absolute atomic E-state index is 0.621. The third-order valence-electron chi connectivity index (χ3n) is 4.06. The highest BCUT2D eigenvalue weighted by Gasteiger charge is 2.13. The van der Waals surface area contributed by atoms with Gasteiger partial charge in [0.25, 0.3) is 0 Å². The van der Waals surface area contributed by atoms with Crippen molar-refractivity contribution in [2.75, 3.05) is 13.1 Å². The predicted molar refractivity (Wildman–Crippen MR) is 86.5 cm³/mol. The summed E-state index contributed by atoms with van der Waals surface area (Å²) >= 11 is 5.98. The second-order valence-electron chi connectivity index (χ2n) is 5.68. The molecule has 0 saturated carbocycles. The molecule has 2 aromatic carbocycles. The van der Waals surface area contributed by atoms with Crippen LogP contribution in [-0.4, -0.2) is 23.1 Å². The Kier molecular flexibility index (Phi) is 4.59. The fraction of sp³-hybridized carbons (Fsp3) is 0.333. The molecule has 3 rings (SSSR count). The summed E-state index contributed by atoms with van der Waals surface area (Å²) in [6, 6.07) is 15.6. The number of likely N-dealkylation sites (tertiary alicyclic amines) is 1. The summed E-state index contributed by atoms with van der Waals surface area (Å²) in [5.41, 5.74) is 3.04. The average molecular weight is 302 g/mol. The van der Waals surface area contributed by atoms with Crippen molar-refractivity contribution in [1.82, 2.24) is 4.90 Å². The molecule has 1 aliphatic rings. The van der Waals surface area contributed by atoms with Crippen LogP contribution < -0.4 is 0 Å². The van der Waals surface area contributed by atoms with Crippen LogP contribution in [0.15, 0.2) is 48.5 Å². The molecule has 0 unspecified atom stereocenters. The van der Waals surface area contributed by atoms with E-state index in [-0.39, 0.29) is 0 Å². The maximum Gasteiger partial charge on any atom is 0.104 e. The zero-order valence-corrected chi connectivity index (χ0v) is 12.8. The molecule has 0 aliphatic carbocycles. The summed E-state index contributed by atoms with van der Waals surface area (Å²) in [5, 5.41) is 11.1. The summed E-state index contributed by atoms with van der Waals surface area (Å²) < 4.78 is 0. The Bertz CT molecular complexity index is 590. The minimum atomic E-state index is -0.621. The first-order chi connectivity index (χ1) is 10.2. The van der Waals surface area contributed by atoms with E-state index < -0.39 is 6.10 Å². The van der Waals surface area contributed by atoms with E-state index in [0.717, 1.165) is 17.7 Å². The Morgan fingerprint density at radius 2 is 1.71 bits per heavy atom. The number of nitrogens with zero attached hydrogens (tertiary/aromatic N) is 1. The highest BCUT2D eigenvalue weighted by atomic mass is 35.5. The molecule has 0 amide bonds. The molecule has 1 heterocycles. The van der Waals surface area contributed by atoms with Crippen molar-refractivity contribution in [3.05, 3.63) is 70.2 Å². The lowest BCUT2D eigenvalue weighted by Gasteiger charge is -2.16. The summed E-state index contributed by atoms with van der Waals surface area (Å²) in [4.78, 5) is 2.47. The first-order valence-electron chi connectivity index (χ1n) is 7.47. The van der Waals surface area contributed by atoms with Crippen molar-refractivity contribution in [2.45, 2.75) is 25.5 Å². The van der Waals surface area contributed by atoms with E-state index >= 15 is 0 Å². The van der Waals surface area contributed by atoms with Crippen LogP contribution in [-0.2, 0) is 6.54 Å². The molecular formula is C18H20ClNO. The van der Waals surface area contributed by atoms with Gasteiger partial charge in [0.15, 0.2) is 0 Å². The maximum absolute atomic E-state index is 10.4. The van der Waals surface area contributed by atoms with Crippen LogP contribution in [0.1, 0.15) is 35.6 Å². The zero-order chi connectivity index (χ0) is 14.7. The Hall–Kier alpha value is -1.35. The van der Waals surface area contributed by atoms with Crippen molar-refractivity contribution in [3.8, 4) is 0 Å². The van der Waals surface area contributed by atoms with Gasteiger partial charge in [-0.3, -0.25) is 4.90 Å². The number of halogens is 1. The maximum atomic E-state index is 10.4. The highest BCUT2D eigenvalue weighted by molar-refractivity contribution is 6.30. The van der Waals surface area contributed by atoms with E-state index in [1.165, 1.54) is 31.5 Å². The molecule has 2 nitrogen and oxygen atoms in total. The molecule has 0 bridgehead atoms. The summed E-state index contributed by atoms with van der Waals surface area (Å²) in [7, 11) is 0. The van der Waals surface area contributed by atoms with E-state index in [2.05, 4.69) is 17.0 Å². The van der Waals surface area contributed by atoms with Crippen LogP contribution in [0.5, 0.6) is 0 Å². The smallest absolute Gasteiger partial charge is 0.104 e. The lowest BCUT2D eigenvalue weighted by atomic mass is 10.0. The quantitative estimate of drug-likeness (QED) is 0.922. The fourth-order valence-corrected chi connectivity index (χ4v) is 3.07. The standard InChI is InChI=1S/C18H20ClNO/c19-17-5-3-4-16(12-17)18(21)15-8-6-14(7-9-15)13-20-10-1-2-11-20/h3-9,12,18,21H,1-2,10-11,13H2/t18-/m0/s1. The SMILES string of the molecule is O[C@@H](c1ccc(CN2CCCC2)cc1)c1cccc(Cl)c1. The monoisotopic (exact) mass is 301 g/mol. The molecule has 1 saturated heterocycles. The molecule has 0 spiro atoms. The Morgan fingerprint density at radius 3 is 2.38 bits per heavy atom. The predicted octanol–water partition coefficient (Wildman–Crippen LogP) is 4.02. The number of rotatable bonds is 4. The number of aliphatic hydroxyl groups is 1. The van der Waals surface area contributed by atoms with Crippen LogP contribution in [0, 0.1) is 0 Å². The number of hydrogen-bond acceptors (Lipinski definition) is 2. The normalized spacial score (nSPS) is 17.0. The molecule has 0 radical (unpaired) electrons. The molecule has 1 N–H and O–H groups in total. The van der Waals surface area contributed by atoms with Gasteiger partial charge in [-0.05, 0) is 54.8 Å². The van der Waals surface area contributed by atoms with Gasteiger partial charge >= 0.3 is 0 Å². The topological polar surface area (TPSA) is 23.5 Å². The van der Waals surface area contributed by atoms with Gasteiger partial charge < -0.3 is 5.11 Å². The van der Waals surface area contributed by atoms with Crippen LogP contribution in [0.3, 0.4) is 0 Å². The van der Waals surface area contributed by atoms with Crippen molar-refractivity contribution < 1.29 is 5.11 Å². The molecule has 1 fully saturated rings. The third-order valence-corrected chi connectivity index (χ3v) is 4.30. The molecule has 1 aliphatic heterocycles. The Morgan fingerprint density at radius 1 is 1.00 bits per heavy atom. The first-order valence-corrected chi connectivity index (χ1v) is 7.85. The largest absolute Gasteiger partial charge is 0.384 e. The molecule has 1 atom stereocenters. The van der Waals surface area contributed by atoms with Gasteiger partial charge in [0.05, 0.1) is 0 Å². The molecule has 2 aromatic rings. The molecule has 3 heteroatoms. The van der Waals surface area contributed by atoms with E-state index in [1.807, 2.05) is 36.4 Å². The van der Waals surface area contributed by atoms with Gasteiger partial charge in [0.1, 0.15) is 6.10 Å². The molecule has 0 aromatic heterocycles. The molecule has 21 heavy (non-hydrogen) atoms. The first kappa shape index (κ1) is 14.6. The van der Waals surface area contributed by atoms with E-state index in [0.29, 0.717) is 5.02 Å². The average Bonchev–Trinajstić information content (AvgIpc) is 3.00. The summed E-state index contributed by atoms with van der Waals surface area (Å²) in [6.45, 7) is 3.41. The van der Waals surface area contributed by atoms with Crippen molar-refractivity contribution >= 4 is 11.6 Å². The van der Waals surface area contributed by atoms with Crippen LogP contribution in [0.4, 0.5) is 0 Å². The molecular weight excluding hydrogens is 282 g/mol. The summed E-state index contributed by atoms with van der Waals surface area (Å²) in [6.07, 6.45) is 2.00. The summed E-state index contributed by atoms with van der Waals surface area (Å²) in [5.74, 6) is 0. The lowest BCUT2D eigenvalue weighted by molar-refractivity contribution is 0.220. The van der Waals surface area contributed by atoms with E-state index in [9.17, 15) is 5.11 Å². The van der Waals surface area contributed by atoms with E-state index in [1.54, 1.807) is 0 Å². The van der Waals surface area contributed by atoms with Gasteiger partial charge in [0.2, 0.25) is 0 Å². The Balaban J connectivity index is 1.71. The lowest BCUT2D eigenvalue weighted by Crippen LogP contribution is -2.18. The third kappa shape index (κ3) is 3.65. The van der Waals surface area contributed by atoms with Gasteiger partial charge in [-0.1, -0.05) is 48.0 Å². The second kappa shape index (κ2) is 6.61. The van der Waals surface area contributed by atoms with Crippen molar-refractivity contribution in [2.24, 2.45) is 0 Å². The van der Waals surface area contributed by atoms with Crippen molar-refractivity contribution in [3.63, 3.8) is 0 Å². The Labute approximate surface area is 131 Å². The number of aliphatic hydroxyl groups excluding tert-OH is 1. The van der Waals surface area contributed by atoms with Gasteiger partial charge in [-0.25, -0.2) is 0 Å². The van der Waals surface area contributed by atoms with Crippen LogP contribution in [0.25, 0.3) is 0 Å².